The Morgan fingerprint density at radius 2 is 1.73 bits per heavy atom. The quantitative estimate of drug-likeness (QED) is 0.347. The van der Waals surface area contributed by atoms with Crippen LogP contribution in [0.3, 0.4) is 0 Å². The van der Waals surface area contributed by atoms with Gasteiger partial charge in [0.05, 0.1) is 6.61 Å². The first kappa shape index (κ1) is 23.7. The van der Waals surface area contributed by atoms with Gasteiger partial charge < -0.3 is 20.3 Å². The fourth-order valence-electron chi connectivity index (χ4n) is 3.35. The van der Waals surface area contributed by atoms with Crippen LogP contribution in [0, 0.1) is 0 Å². The molecule has 0 aliphatic carbocycles. The van der Waals surface area contributed by atoms with Crippen molar-refractivity contribution in [1.82, 2.24) is 15.5 Å². The maximum Gasteiger partial charge on any atom is 0.353 e. The number of hydrogen-bond donors (Lipinski definition) is 4. The predicted molar refractivity (Wildman–Crippen MR) is 120 cm³/mol. The first-order chi connectivity index (χ1) is 15.9. The van der Waals surface area contributed by atoms with E-state index < -0.39 is 30.0 Å². The van der Waals surface area contributed by atoms with Crippen LogP contribution >= 0.6 is 0 Å². The monoisotopic (exact) mass is 451 g/mol. The summed E-state index contributed by atoms with van der Waals surface area (Å²) in [6, 6.07) is 18.1. The second-order valence-electron chi connectivity index (χ2n) is 7.41. The van der Waals surface area contributed by atoms with E-state index in [0.717, 1.165) is 22.8 Å². The van der Waals surface area contributed by atoms with Gasteiger partial charge in [0.25, 0.3) is 5.91 Å². The van der Waals surface area contributed by atoms with Crippen molar-refractivity contribution >= 4 is 17.8 Å². The van der Waals surface area contributed by atoms with E-state index in [1.54, 1.807) is 6.92 Å². The number of benzene rings is 2. The van der Waals surface area contributed by atoms with Crippen LogP contribution < -0.4 is 5.32 Å². The molecule has 2 atom stereocenters. The number of nitrogens with zero attached hydrogens (tertiary/aromatic N) is 1. The lowest BCUT2D eigenvalue weighted by molar-refractivity contribution is -0.153. The lowest BCUT2D eigenvalue weighted by Gasteiger charge is -2.21. The van der Waals surface area contributed by atoms with E-state index >= 15 is 0 Å². The Kier molecular flexibility index (Phi) is 7.93. The molecule has 9 nitrogen and oxygen atoms in total. The minimum absolute atomic E-state index is 0.0821. The normalized spacial score (nSPS) is 12.5. The molecule has 2 aromatic carbocycles. The van der Waals surface area contributed by atoms with Gasteiger partial charge >= 0.3 is 11.9 Å². The van der Waals surface area contributed by atoms with Crippen LogP contribution in [0.25, 0.3) is 11.1 Å². The van der Waals surface area contributed by atoms with Crippen LogP contribution in [0.2, 0.25) is 0 Å². The van der Waals surface area contributed by atoms with E-state index in [9.17, 15) is 19.5 Å². The molecule has 9 heteroatoms. The SMILES string of the molecule is CCOC(=O)[C@@H](O)C[C@@H](Cc1ccc(-c2ccccc2)cc1)NC(=O)c1cc(C(=O)O)[nH]n1. The molecule has 172 valence electrons. The third-order valence-corrected chi connectivity index (χ3v) is 4.99. The molecule has 0 aliphatic heterocycles. The number of ether oxygens (including phenoxy) is 1. The van der Waals surface area contributed by atoms with Crippen molar-refractivity contribution in [3.63, 3.8) is 0 Å². The number of carbonyl (C=O) groups excluding carboxylic acids is 2. The molecule has 3 aromatic rings. The van der Waals surface area contributed by atoms with Gasteiger partial charge in [-0.25, -0.2) is 9.59 Å². The second kappa shape index (κ2) is 11.1. The van der Waals surface area contributed by atoms with E-state index in [-0.39, 0.29) is 24.4 Å². The van der Waals surface area contributed by atoms with Crippen LogP contribution in [0.4, 0.5) is 0 Å². The topological polar surface area (TPSA) is 142 Å². The number of carboxylic acids is 1. The van der Waals surface area contributed by atoms with Crippen LogP contribution in [0.15, 0.2) is 60.7 Å². The Morgan fingerprint density at radius 3 is 2.33 bits per heavy atom. The summed E-state index contributed by atoms with van der Waals surface area (Å²) >= 11 is 0. The fourth-order valence-corrected chi connectivity index (χ4v) is 3.35. The standard InChI is InChI=1S/C24H25N3O6/c1-2-33-24(32)21(28)13-18(25-22(29)19-14-20(23(30)31)27-26-19)12-15-8-10-17(11-9-15)16-6-4-3-5-7-16/h3-11,14,18,21,28H,2,12-13H2,1H3,(H,25,29)(H,26,27)(H,30,31)/t18-,21+/m1/s1. The summed E-state index contributed by atoms with van der Waals surface area (Å²) in [5.41, 5.74) is 2.65. The Balaban J connectivity index is 1.75. The highest BCUT2D eigenvalue weighted by Gasteiger charge is 2.25. The zero-order valence-corrected chi connectivity index (χ0v) is 18.0. The molecule has 0 unspecified atom stereocenters. The van der Waals surface area contributed by atoms with Gasteiger partial charge in [-0.15, -0.1) is 0 Å². The number of aliphatic hydroxyl groups excluding tert-OH is 1. The number of carbonyl (C=O) groups is 3. The van der Waals surface area contributed by atoms with Gasteiger partial charge in [-0.3, -0.25) is 9.89 Å². The molecule has 0 aliphatic rings. The summed E-state index contributed by atoms with van der Waals surface area (Å²) in [5.74, 6) is -2.64. The zero-order valence-electron chi connectivity index (χ0n) is 18.0. The number of aromatic amines is 1. The summed E-state index contributed by atoms with van der Waals surface area (Å²) in [6.07, 6.45) is -1.18. The second-order valence-corrected chi connectivity index (χ2v) is 7.41. The first-order valence-corrected chi connectivity index (χ1v) is 10.5. The highest BCUT2D eigenvalue weighted by Crippen LogP contribution is 2.20. The zero-order chi connectivity index (χ0) is 23.8. The average molecular weight is 451 g/mol. The Bertz CT molecular complexity index is 1090. The maximum absolute atomic E-state index is 12.6. The number of esters is 1. The number of carboxylic acid groups (broad SMARTS) is 1. The van der Waals surface area contributed by atoms with Crippen LogP contribution in [-0.2, 0) is 16.0 Å². The minimum atomic E-state index is -1.42. The number of rotatable bonds is 10. The molecule has 0 fully saturated rings. The largest absolute Gasteiger partial charge is 0.477 e. The van der Waals surface area contributed by atoms with Crippen LogP contribution in [0.5, 0.6) is 0 Å². The lowest BCUT2D eigenvalue weighted by Crippen LogP contribution is -2.41. The Morgan fingerprint density at radius 1 is 1.06 bits per heavy atom. The first-order valence-electron chi connectivity index (χ1n) is 10.5. The third kappa shape index (κ3) is 6.50. The Hall–Kier alpha value is -3.98. The highest BCUT2D eigenvalue weighted by molar-refractivity contribution is 5.95. The van der Waals surface area contributed by atoms with Crippen molar-refractivity contribution in [3.8, 4) is 11.1 Å². The van der Waals surface area contributed by atoms with Crippen molar-refractivity contribution in [2.24, 2.45) is 0 Å². The van der Waals surface area contributed by atoms with E-state index in [1.165, 1.54) is 0 Å². The fraction of sp³-hybridized carbons (Fsp3) is 0.250. The molecule has 1 amide bonds. The van der Waals surface area contributed by atoms with Gasteiger partial charge in [0.1, 0.15) is 5.69 Å². The molecule has 0 spiro atoms. The maximum atomic E-state index is 12.6. The van der Waals surface area contributed by atoms with Crippen molar-refractivity contribution < 1.29 is 29.3 Å². The van der Waals surface area contributed by atoms with E-state index in [2.05, 4.69) is 15.5 Å². The molecular weight excluding hydrogens is 426 g/mol. The molecule has 0 saturated carbocycles. The Labute approximate surface area is 190 Å². The molecule has 3 rings (SSSR count). The molecule has 0 bridgehead atoms. The highest BCUT2D eigenvalue weighted by atomic mass is 16.5. The number of hydrogen-bond acceptors (Lipinski definition) is 6. The summed E-state index contributed by atoms with van der Waals surface area (Å²) in [7, 11) is 0. The van der Waals surface area contributed by atoms with Crippen molar-refractivity contribution in [2.45, 2.75) is 31.9 Å². The van der Waals surface area contributed by atoms with Gasteiger partial charge in [0.2, 0.25) is 0 Å². The van der Waals surface area contributed by atoms with Crippen LogP contribution in [0.1, 0.15) is 39.9 Å². The molecule has 33 heavy (non-hydrogen) atoms. The molecule has 1 heterocycles. The van der Waals surface area contributed by atoms with Crippen molar-refractivity contribution in [1.29, 1.82) is 0 Å². The summed E-state index contributed by atoms with van der Waals surface area (Å²) in [5, 5.41) is 27.9. The molecule has 0 radical (unpaired) electrons. The summed E-state index contributed by atoms with van der Waals surface area (Å²) in [6.45, 7) is 1.76. The number of aliphatic hydroxyl groups is 1. The molecule has 4 N–H and O–H groups in total. The number of H-pyrrole nitrogens is 1. The number of aromatic nitrogens is 2. The summed E-state index contributed by atoms with van der Waals surface area (Å²) < 4.78 is 4.85. The minimum Gasteiger partial charge on any atom is -0.477 e. The number of aromatic carboxylic acids is 1. The predicted octanol–water partition coefficient (Wildman–Crippen LogP) is 2.43. The van der Waals surface area contributed by atoms with Gasteiger partial charge in [-0.1, -0.05) is 54.6 Å². The van der Waals surface area contributed by atoms with Gasteiger partial charge in [0, 0.05) is 18.5 Å². The van der Waals surface area contributed by atoms with Gasteiger partial charge in [-0.2, -0.15) is 5.10 Å². The summed E-state index contributed by atoms with van der Waals surface area (Å²) in [4.78, 5) is 35.5. The van der Waals surface area contributed by atoms with E-state index in [0.29, 0.717) is 6.42 Å². The van der Waals surface area contributed by atoms with Crippen molar-refractivity contribution in [3.05, 3.63) is 77.6 Å². The third-order valence-electron chi connectivity index (χ3n) is 4.99. The average Bonchev–Trinajstić information content (AvgIpc) is 3.31. The molecule has 1 aromatic heterocycles. The molecular formula is C24H25N3O6. The number of nitrogens with one attached hydrogen (secondary N) is 2. The lowest BCUT2D eigenvalue weighted by atomic mass is 9.97. The molecule has 0 saturated heterocycles. The smallest absolute Gasteiger partial charge is 0.353 e. The van der Waals surface area contributed by atoms with Crippen molar-refractivity contribution in [2.75, 3.05) is 6.61 Å². The van der Waals surface area contributed by atoms with Gasteiger partial charge in [0.15, 0.2) is 11.8 Å². The van der Waals surface area contributed by atoms with E-state index in [1.807, 2.05) is 54.6 Å². The van der Waals surface area contributed by atoms with E-state index in [4.69, 9.17) is 9.84 Å². The van der Waals surface area contributed by atoms with Crippen LogP contribution in [-0.4, -0.2) is 57.0 Å². The number of amides is 1. The van der Waals surface area contributed by atoms with Gasteiger partial charge in [-0.05, 0) is 30.0 Å².